The molecule has 9 heteroatoms. The van der Waals surface area contributed by atoms with E-state index in [1.165, 1.54) is 0 Å². The SMILES string of the molecule is CCN(C(=O)C1CCCC1)c1cc(-c2ccc(N3CCN(C(C)C)CC3)nc2)cc(C(=O)NCC2C(=O)NC(C)CC2C)c1C. The van der Waals surface area contributed by atoms with Crippen LogP contribution in [0.3, 0.4) is 0 Å². The molecule has 2 aliphatic heterocycles. The molecule has 3 fully saturated rings. The highest BCUT2D eigenvalue weighted by Gasteiger charge is 2.33. The van der Waals surface area contributed by atoms with E-state index >= 15 is 0 Å². The Morgan fingerprint density at radius 1 is 1.07 bits per heavy atom. The summed E-state index contributed by atoms with van der Waals surface area (Å²) in [6.45, 7) is 17.2. The highest BCUT2D eigenvalue weighted by Crippen LogP contribution is 2.35. The number of aromatic nitrogens is 1. The Morgan fingerprint density at radius 3 is 2.38 bits per heavy atom. The number of piperidine rings is 1. The number of carbonyl (C=O) groups excluding carboxylic acids is 3. The molecule has 1 aromatic heterocycles. The monoisotopic (exact) mass is 616 g/mol. The molecule has 3 amide bonds. The van der Waals surface area contributed by atoms with E-state index in [1.54, 1.807) is 0 Å². The van der Waals surface area contributed by atoms with Crippen LogP contribution in [0.15, 0.2) is 30.5 Å². The minimum absolute atomic E-state index is 0.0104. The summed E-state index contributed by atoms with van der Waals surface area (Å²) in [5, 5.41) is 6.09. The van der Waals surface area contributed by atoms with E-state index in [0.29, 0.717) is 18.2 Å². The second-order valence-electron chi connectivity index (χ2n) is 13.7. The number of nitrogens with one attached hydrogen (secondary N) is 2. The van der Waals surface area contributed by atoms with Crippen LogP contribution in [0.1, 0.15) is 82.6 Å². The van der Waals surface area contributed by atoms with Crippen LogP contribution in [0.5, 0.6) is 0 Å². The summed E-state index contributed by atoms with van der Waals surface area (Å²) >= 11 is 0. The lowest BCUT2D eigenvalue weighted by Crippen LogP contribution is -2.50. The fourth-order valence-electron chi connectivity index (χ4n) is 7.41. The Balaban J connectivity index is 1.43. The van der Waals surface area contributed by atoms with E-state index < -0.39 is 0 Å². The van der Waals surface area contributed by atoms with E-state index in [4.69, 9.17) is 4.98 Å². The number of anilines is 2. The van der Waals surface area contributed by atoms with Gasteiger partial charge in [0, 0.05) is 80.3 Å². The highest BCUT2D eigenvalue weighted by atomic mass is 16.2. The van der Waals surface area contributed by atoms with Crippen LogP contribution >= 0.6 is 0 Å². The lowest BCUT2D eigenvalue weighted by atomic mass is 9.84. The molecule has 244 valence electrons. The molecule has 1 aliphatic carbocycles. The summed E-state index contributed by atoms with van der Waals surface area (Å²) in [7, 11) is 0. The van der Waals surface area contributed by atoms with E-state index in [9.17, 15) is 14.4 Å². The van der Waals surface area contributed by atoms with Gasteiger partial charge in [0.05, 0.1) is 5.92 Å². The maximum Gasteiger partial charge on any atom is 0.251 e. The molecule has 2 saturated heterocycles. The quantitative estimate of drug-likeness (QED) is 0.411. The Morgan fingerprint density at radius 2 is 1.78 bits per heavy atom. The van der Waals surface area contributed by atoms with Gasteiger partial charge in [0.2, 0.25) is 11.8 Å². The van der Waals surface area contributed by atoms with Crippen LogP contribution in [0.4, 0.5) is 11.5 Å². The van der Waals surface area contributed by atoms with Gasteiger partial charge < -0.3 is 20.4 Å². The van der Waals surface area contributed by atoms with Crippen LogP contribution in [-0.2, 0) is 9.59 Å². The second-order valence-corrected chi connectivity index (χ2v) is 13.7. The third-order valence-electron chi connectivity index (χ3n) is 10.3. The second kappa shape index (κ2) is 14.3. The summed E-state index contributed by atoms with van der Waals surface area (Å²) < 4.78 is 0. The first-order valence-corrected chi connectivity index (χ1v) is 17.1. The fraction of sp³-hybridized carbons (Fsp3) is 0.611. The molecular weight excluding hydrogens is 564 g/mol. The standard InChI is InChI=1S/C36H52N6O3/c1-7-42(36(45)27-10-8-9-11-27)32-20-29(28-12-13-33(37-21-28)41-16-14-40(15-17-41)23(2)3)19-30(26(32)6)34(43)38-22-31-24(4)18-25(5)39-35(31)44/h12-13,19-21,23-25,27,31H,7-11,14-18,22H2,1-6H3,(H,38,43)(H,39,44). The number of rotatable bonds is 9. The van der Waals surface area contributed by atoms with Gasteiger partial charge in [-0.1, -0.05) is 19.8 Å². The van der Waals surface area contributed by atoms with Gasteiger partial charge in [-0.05, 0) is 95.2 Å². The summed E-state index contributed by atoms with van der Waals surface area (Å²) in [5.41, 5.74) is 3.80. The number of hydrogen-bond donors (Lipinski definition) is 2. The molecule has 3 unspecified atom stereocenters. The highest BCUT2D eigenvalue weighted by molar-refractivity contribution is 6.02. The predicted molar refractivity (Wildman–Crippen MR) is 181 cm³/mol. The zero-order valence-electron chi connectivity index (χ0n) is 28.1. The Bertz CT molecular complexity index is 1360. The molecule has 3 heterocycles. The zero-order chi connectivity index (χ0) is 32.2. The first-order chi connectivity index (χ1) is 21.6. The number of carbonyl (C=O) groups is 3. The fourth-order valence-corrected chi connectivity index (χ4v) is 7.41. The molecule has 1 aromatic carbocycles. The van der Waals surface area contributed by atoms with Crippen molar-refractivity contribution in [2.75, 3.05) is 49.1 Å². The third-order valence-corrected chi connectivity index (χ3v) is 10.3. The van der Waals surface area contributed by atoms with Crippen LogP contribution in [0.25, 0.3) is 11.1 Å². The molecule has 0 bridgehead atoms. The minimum atomic E-state index is -0.275. The van der Waals surface area contributed by atoms with Gasteiger partial charge in [0.25, 0.3) is 5.91 Å². The normalized spacial score (nSPS) is 22.9. The van der Waals surface area contributed by atoms with Crippen molar-refractivity contribution in [3.05, 3.63) is 41.6 Å². The van der Waals surface area contributed by atoms with Gasteiger partial charge >= 0.3 is 0 Å². The topological polar surface area (TPSA) is 97.9 Å². The first kappa shape index (κ1) is 32.9. The Hall–Kier alpha value is -3.46. The van der Waals surface area contributed by atoms with Gasteiger partial charge in [-0.25, -0.2) is 4.98 Å². The Labute approximate surface area is 269 Å². The maximum atomic E-state index is 13.8. The molecule has 0 radical (unpaired) electrons. The van der Waals surface area contributed by atoms with E-state index in [0.717, 1.165) is 86.5 Å². The maximum absolute atomic E-state index is 13.8. The van der Waals surface area contributed by atoms with Crippen LogP contribution in [0.2, 0.25) is 0 Å². The molecule has 3 atom stereocenters. The number of hydrogen-bond acceptors (Lipinski definition) is 6. The molecule has 1 saturated carbocycles. The van der Waals surface area contributed by atoms with Crippen molar-refractivity contribution in [1.82, 2.24) is 20.5 Å². The average Bonchev–Trinajstić information content (AvgIpc) is 3.57. The predicted octanol–water partition coefficient (Wildman–Crippen LogP) is 5.02. The lowest BCUT2D eigenvalue weighted by Gasteiger charge is -2.37. The van der Waals surface area contributed by atoms with Crippen molar-refractivity contribution in [3.8, 4) is 11.1 Å². The smallest absolute Gasteiger partial charge is 0.251 e. The van der Waals surface area contributed by atoms with Crippen molar-refractivity contribution in [3.63, 3.8) is 0 Å². The van der Waals surface area contributed by atoms with Crippen molar-refractivity contribution < 1.29 is 14.4 Å². The van der Waals surface area contributed by atoms with Crippen LogP contribution in [-0.4, -0.2) is 79.0 Å². The number of piperazine rings is 1. The zero-order valence-corrected chi connectivity index (χ0v) is 28.1. The molecule has 3 aliphatic rings. The number of amides is 3. The third kappa shape index (κ3) is 7.35. The molecule has 45 heavy (non-hydrogen) atoms. The van der Waals surface area contributed by atoms with Gasteiger partial charge in [0.1, 0.15) is 5.82 Å². The first-order valence-electron chi connectivity index (χ1n) is 17.1. The molecule has 0 spiro atoms. The summed E-state index contributed by atoms with van der Waals surface area (Å²) in [5.74, 6) is 0.773. The van der Waals surface area contributed by atoms with Gasteiger partial charge in [-0.2, -0.15) is 0 Å². The molecule has 9 nitrogen and oxygen atoms in total. The van der Waals surface area contributed by atoms with E-state index in [1.807, 2.05) is 44.0 Å². The van der Waals surface area contributed by atoms with Crippen molar-refractivity contribution in [2.45, 2.75) is 85.7 Å². The van der Waals surface area contributed by atoms with Crippen molar-refractivity contribution in [2.24, 2.45) is 17.8 Å². The lowest BCUT2D eigenvalue weighted by molar-refractivity contribution is -0.129. The van der Waals surface area contributed by atoms with Crippen molar-refractivity contribution in [1.29, 1.82) is 0 Å². The van der Waals surface area contributed by atoms with Gasteiger partial charge in [-0.15, -0.1) is 0 Å². The van der Waals surface area contributed by atoms with Crippen LogP contribution < -0.4 is 20.4 Å². The van der Waals surface area contributed by atoms with Gasteiger partial charge in [0.15, 0.2) is 0 Å². The Kier molecular flexibility index (Phi) is 10.5. The molecule has 2 aromatic rings. The molecule has 2 N–H and O–H groups in total. The number of pyridine rings is 1. The number of benzene rings is 1. The average molecular weight is 617 g/mol. The minimum Gasteiger partial charge on any atom is -0.354 e. The molecule has 5 rings (SSSR count). The van der Waals surface area contributed by atoms with E-state index in [2.05, 4.69) is 53.3 Å². The molecular formula is C36H52N6O3. The summed E-state index contributed by atoms with van der Waals surface area (Å²) in [4.78, 5) is 51.8. The number of nitrogens with zero attached hydrogens (tertiary/aromatic N) is 4. The van der Waals surface area contributed by atoms with E-state index in [-0.39, 0.29) is 48.1 Å². The summed E-state index contributed by atoms with van der Waals surface area (Å²) in [6.07, 6.45) is 6.76. The summed E-state index contributed by atoms with van der Waals surface area (Å²) in [6, 6.07) is 8.76. The van der Waals surface area contributed by atoms with Gasteiger partial charge in [-0.3, -0.25) is 19.3 Å². The van der Waals surface area contributed by atoms with Crippen molar-refractivity contribution >= 4 is 29.2 Å². The largest absolute Gasteiger partial charge is 0.354 e. The van der Waals surface area contributed by atoms with Crippen LogP contribution in [0, 0.1) is 24.7 Å².